The number of rotatable bonds is 5. The van der Waals surface area contributed by atoms with E-state index in [1.54, 1.807) is 29.2 Å². The average molecular weight is 395 g/mol. The molecule has 150 valence electrons. The van der Waals surface area contributed by atoms with E-state index in [2.05, 4.69) is 11.8 Å². The van der Waals surface area contributed by atoms with Gasteiger partial charge in [-0.05, 0) is 50.1 Å². The van der Waals surface area contributed by atoms with Crippen molar-refractivity contribution < 1.29 is 15.0 Å². The smallest absolute Gasteiger partial charge is 0.253 e. The third-order valence-corrected chi connectivity index (χ3v) is 6.36. The molecule has 2 aliphatic rings. The highest BCUT2D eigenvalue weighted by Gasteiger charge is 2.44. The molecule has 1 aliphatic heterocycles. The Hall–Kier alpha value is -1.14. The van der Waals surface area contributed by atoms with Gasteiger partial charge in [0.1, 0.15) is 5.60 Å². The lowest BCUT2D eigenvalue weighted by atomic mass is 9.86. The zero-order chi connectivity index (χ0) is 19.4. The van der Waals surface area contributed by atoms with Crippen molar-refractivity contribution in [3.05, 3.63) is 34.9 Å². The lowest BCUT2D eigenvalue weighted by molar-refractivity contribution is -0.131. The molecule has 6 heteroatoms. The summed E-state index contributed by atoms with van der Waals surface area (Å²) < 4.78 is 0. The Balaban J connectivity index is 1.70. The van der Waals surface area contributed by atoms with E-state index >= 15 is 0 Å². The molecule has 5 nitrogen and oxygen atoms in total. The van der Waals surface area contributed by atoms with Gasteiger partial charge in [-0.2, -0.15) is 0 Å². The Morgan fingerprint density at radius 1 is 1.22 bits per heavy atom. The number of β-amino-alcohol motifs (C(OH)–C–C–N with tert-alkyl or cyclic N) is 1. The lowest BCUT2D eigenvalue weighted by Crippen LogP contribution is -2.63. The second kappa shape index (κ2) is 8.91. The van der Waals surface area contributed by atoms with Crippen LogP contribution >= 0.6 is 11.6 Å². The van der Waals surface area contributed by atoms with Crippen molar-refractivity contribution in [3.63, 3.8) is 0 Å². The molecule has 2 fully saturated rings. The number of halogens is 1. The fraction of sp³-hybridized carbons (Fsp3) is 0.667. The number of piperidine rings is 1. The van der Waals surface area contributed by atoms with Gasteiger partial charge in [-0.25, -0.2) is 0 Å². The Morgan fingerprint density at radius 2 is 1.89 bits per heavy atom. The highest BCUT2D eigenvalue weighted by molar-refractivity contribution is 6.30. The summed E-state index contributed by atoms with van der Waals surface area (Å²) in [5, 5.41) is 22.4. The van der Waals surface area contributed by atoms with Gasteiger partial charge in [0.2, 0.25) is 0 Å². The number of likely N-dealkylation sites (tertiary alicyclic amines) is 1. The third kappa shape index (κ3) is 4.83. The molecule has 0 bridgehead atoms. The average Bonchev–Trinajstić information content (AvgIpc) is 2.69. The Morgan fingerprint density at radius 3 is 2.52 bits per heavy atom. The minimum absolute atomic E-state index is 0.127. The Kier molecular flexibility index (Phi) is 6.79. The number of carbonyl (C=O) groups is 1. The number of likely N-dealkylation sites (N-methyl/N-ethyl adjacent to an activating group) is 1. The van der Waals surface area contributed by atoms with Crippen molar-refractivity contribution >= 4 is 17.5 Å². The summed E-state index contributed by atoms with van der Waals surface area (Å²) in [6, 6.07) is 7.26. The molecule has 3 rings (SSSR count). The van der Waals surface area contributed by atoms with E-state index in [9.17, 15) is 15.0 Å². The van der Waals surface area contributed by atoms with E-state index in [1.807, 2.05) is 0 Å². The third-order valence-electron chi connectivity index (χ3n) is 6.11. The number of hydrogen-bond acceptors (Lipinski definition) is 4. The summed E-state index contributed by atoms with van der Waals surface area (Å²) in [6.07, 6.45) is 5.60. The number of carbonyl (C=O) groups excluding carboxylic acids is 1. The first-order valence-electron chi connectivity index (χ1n) is 10.1. The maximum absolute atomic E-state index is 12.8. The van der Waals surface area contributed by atoms with Gasteiger partial charge in [0.15, 0.2) is 0 Å². The molecule has 1 saturated carbocycles. The molecule has 1 saturated heterocycles. The van der Waals surface area contributed by atoms with Crippen molar-refractivity contribution in [1.29, 1.82) is 0 Å². The standard InChI is InChI=1S/C21H31ClN2O3/c1-2-23(18-6-4-3-5-7-18)14-21(27)15-24(13-12-19(21)25)20(26)16-8-10-17(22)11-9-16/h8-11,18-19,25,27H,2-7,12-15H2,1H3/t19-,21+/m0/s1. The first-order chi connectivity index (χ1) is 12.9. The normalized spacial score (nSPS) is 27.1. The van der Waals surface area contributed by atoms with Crippen molar-refractivity contribution in [3.8, 4) is 0 Å². The summed E-state index contributed by atoms with van der Waals surface area (Å²) >= 11 is 5.91. The van der Waals surface area contributed by atoms with Crippen LogP contribution in [0.3, 0.4) is 0 Å². The molecule has 1 aromatic rings. The molecule has 0 aromatic heterocycles. The van der Waals surface area contributed by atoms with E-state index in [0.29, 0.717) is 36.1 Å². The van der Waals surface area contributed by atoms with Gasteiger partial charge in [0, 0.05) is 29.7 Å². The van der Waals surface area contributed by atoms with Crippen molar-refractivity contribution in [2.75, 3.05) is 26.2 Å². The van der Waals surface area contributed by atoms with Gasteiger partial charge < -0.3 is 15.1 Å². The van der Waals surface area contributed by atoms with Crippen LogP contribution in [0.25, 0.3) is 0 Å². The number of nitrogens with zero attached hydrogens (tertiary/aromatic N) is 2. The number of amides is 1. The fourth-order valence-corrected chi connectivity index (χ4v) is 4.59. The predicted octanol–water partition coefficient (Wildman–Crippen LogP) is 2.93. The summed E-state index contributed by atoms with van der Waals surface area (Å²) in [6.45, 7) is 3.94. The number of aliphatic hydroxyl groups is 2. The zero-order valence-electron chi connectivity index (χ0n) is 16.1. The van der Waals surface area contributed by atoms with Crippen LogP contribution < -0.4 is 0 Å². The van der Waals surface area contributed by atoms with Crippen LogP contribution in [0, 0.1) is 0 Å². The molecule has 2 atom stereocenters. The monoisotopic (exact) mass is 394 g/mol. The van der Waals surface area contributed by atoms with Gasteiger partial charge in [-0.15, -0.1) is 0 Å². The topological polar surface area (TPSA) is 64.0 Å². The molecular weight excluding hydrogens is 364 g/mol. The van der Waals surface area contributed by atoms with Gasteiger partial charge in [0.05, 0.1) is 12.6 Å². The summed E-state index contributed by atoms with van der Waals surface area (Å²) in [7, 11) is 0. The molecule has 1 aliphatic carbocycles. The highest BCUT2D eigenvalue weighted by atomic mass is 35.5. The van der Waals surface area contributed by atoms with Crippen molar-refractivity contribution in [2.45, 2.75) is 63.2 Å². The van der Waals surface area contributed by atoms with Crippen LogP contribution in [0.2, 0.25) is 5.02 Å². The van der Waals surface area contributed by atoms with Crippen LogP contribution in [-0.2, 0) is 0 Å². The van der Waals surface area contributed by atoms with E-state index in [1.165, 1.54) is 19.3 Å². The molecule has 0 radical (unpaired) electrons. The minimum atomic E-state index is -1.30. The van der Waals surface area contributed by atoms with Crippen LogP contribution in [0.5, 0.6) is 0 Å². The molecular formula is C21H31ClN2O3. The van der Waals surface area contributed by atoms with E-state index < -0.39 is 11.7 Å². The molecule has 1 amide bonds. The number of hydrogen-bond donors (Lipinski definition) is 2. The molecule has 0 unspecified atom stereocenters. The second-order valence-corrected chi connectivity index (χ2v) is 8.43. The number of aliphatic hydroxyl groups excluding tert-OH is 1. The zero-order valence-corrected chi connectivity index (χ0v) is 16.9. The highest BCUT2D eigenvalue weighted by Crippen LogP contribution is 2.28. The molecule has 2 N–H and O–H groups in total. The van der Waals surface area contributed by atoms with Gasteiger partial charge in [0.25, 0.3) is 5.91 Å². The quantitative estimate of drug-likeness (QED) is 0.805. The Bertz CT molecular complexity index is 633. The van der Waals surface area contributed by atoms with Crippen LogP contribution in [0.1, 0.15) is 55.8 Å². The number of benzene rings is 1. The SMILES string of the molecule is CCN(C[C@@]1(O)CN(C(=O)c2ccc(Cl)cc2)CC[C@@H]1O)C1CCCCC1. The first kappa shape index (κ1) is 20.6. The summed E-state index contributed by atoms with van der Waals surface area (Å²) in [4.78, 5) is 16.8. The van der Waals surface area contributed by atoms with E-state index in [-0.39, 0.29) is 12.5 Å². The van der Waals surface area contributed by atoms with Crippen LogP contribution in [0.4, 0.5) is 0 Å². The first-order valence-corrected chi connectivity index (χ1v) is 10.5. The Labute approximate surface area is 166 Å². The minimum Gasteiger partial charge on any atom is -0.390 e. The molecule has 1 aromatic carbocycles. The lowest BCUT2D eigenvalue weighted by Gasteiger charge is -2.46. The molecule has 27 heavy (non-hydrogen) atoms. The van der Waals surface area contributed by atoms with E-state index in [0.717, 1.165) is 19.4 Å². The second-order valence-electron chi connectivity index (χ2n) is 8.00. The van der Waals surface area contributed by atoms with Crippen molar-refractivity contribution in [2.24, 2.45) is 0 Å². The fourth-order valence-electron chi connectivity index (χ4n) is 4.46. The maximum atomic E-state index is 12.8. The molecule has 0 spiro atoms. The van der Waals surface area contributed by atoms with Gasteiger partial charge in [-0.1, -0.05) is 37.8 Å². The molecule has 1 heterocycles. The maximum Gasteiger partial charge on any atom is 0.253 e. The summed E-state index contributed by atoms with van der Waals surface area (Å²) in [5.74, 6) is -0.127. The van der Waals surface area contributed by atoms with Crippen molar-refractivity contribution in [1.82, 2.24) is 9.80 Å². The van der Waals surface area contributed by atoms with Gasteiger partial charge >= 0.3 is 0 Å². The summed E-state index contributed by atoms with van der Waals surface area (Å²) in [5.41, 5.74) is -0.744. The largest absolute Gasteiger partial charge is 0.390 e. The van der Waals surface area contributed by atoms with E-state index in [4.69, 9.17) is 11.6 Å². The predicted molar refractivity (Wildman–Crippen MR) is 107 cm³/mol. The van der Waals surface area contributed by atoms with Gasteiger partial charge in [-0.3, -0.25) is 9.69 Å². The van der Waals surface area contributed by atoms with Crippen LogP contribution in [0.15, 0.2) is 24.3 Å². The van der Waals surface area contributed by atoms with Crippen LogP contribution in [-0.4, -0.2) is 69.8 Å².